The molecule has 4 aromatic rings. The van der Waals surface area contributed by atoms with Crippen LogP contribution < -0.4 is 14.4 Å². The number of hydrogen-bond donors (Lipinski definition) is 2. The van der Waals surface area contributed by atoms with E-state index in [0.29, 0.717) is 11.0 Å². The van der Waals surface area contributed by atoms with Crippen LogP contribution in [0.3, 0.4) is 0 Å². The van der Waals surface area contributed by atoms with Gasteiger partial charge < -0.3 is 9.64 Å². The summed E-state index contributed by atoms with van der Waals surface area (Å²) >= 11 is 2.71. The van der Waals surface area contributed by atoms with Crippen LogP contribution in [0, 0.1) is 0 Å². The molecule has 0 aliphatic carbocycles. The number of nitrogens with one attached hydrogen (secondary N) is 2. The first-order valence-electron chi connectivity index (χ1n) is 10.2. The summed E-state index contributed by atoms with van der Waals surface area (Å²) in [6.45, 7) is 3.83. The van der Waals surface area contributed by atoms with Crippen LogP contribution in [0.5, 0.6) is 5.75 Å². The Morgan fingerprint density at radius 1 is 1.09 bits per heavy atom. The molecule has 0 fully saturated rings. The zero-order valence-corrected chi connectivity index (χ0v) is 20.3. The van der Waals surface area contributed by atoms with Gasteiger partial charge in [0.2, 0.25) is 10.0 Å². The molecule has 2 unspecified atom stereocenters. The predicted octanol–water partition coefficient (Wildman–Crippen LogP) is 2.71. The van der Waals surface area contributed by atoms with Crippen LogP contribution >= 0.6 is 23.1 Å². The number of ether oxygens (including phenoxy) is 1. The Kier molecular flexibility index (Phi) is 7.17. The van der Waals surface area contributed by atoms with Gasteiger partial charge in [0.05, 0.1) is 18.8 Å². The minimum absolute atomic E-state index is 0.134. The largest absolute Gasteiger partial charge is 0.489 e. The summed E-state index contributed by atoms with van der Waals surface area (Å²) in [4.78, 5) is 1.52. The first-order chi connectivity index (χ1) is 15.4. The van der Waals surface area contributed by atoms with E-state index in [0.717, 1.165) is 30.6 Å². The fraction of sp³-hybridized carbons (Fsp3) is 0.273. The minimum atomic E-state index is -3.72. The van der Waals surface area contributed by atoms with Crippen molar-refractivity contribution in [2.75, 3.05) is 13.6 Å². The van der Waals surface area contributed by atoms with Crippen molar-refractivity contribution < 1.29 is 18.1 Å². The molecule has 168 valence electrons. The van der Waals surface area contributed by atoms with Crippen molar-refractivity contribution in [1.82, 2.24) is 13.5 Å². The van der Waals surface area contributed by atoms with E-state index >= 15 is 0 Å². The summed E-state index contributed by atoms with van der Waals surface area (Å²) in [6, 6.07) is 15.1. The Balaban J connectivity index is 1.34. The van der Waals surface area contributed by atoms with E-state index in [1.165, 1.54) is 22.1 Å². The molecule has 0 spiro atoms. The summed E-state index contributed by atoms with van der Waals surface area (Å²) in [7, 11) is -1.55. The number of fused-ring (bicyclic) bond motifs is 1. The van der Waals surface area contributed by atoms with E-state index in [9.17, 15) is 8.42 Å². The van der Waals surface area contributed by atoms with Gasteiger partial charge in [-0.1, -0.05) is 18.2 Å². The Bertz CT molecular complexity index is 1270. The quantitative estimate of drug-likeness (QED) is 0.358. The molecule has 7 nitrogen and oxygen atoms in total. The van der Waals surface area contributed by atoms with E-state index in [4.69, 9.17) is 4.74 Å². The van der Waals surface area contributed by atoms with Crippen molar-refractivity contribution >= 4 is 44.1 Å². The highest BCUT2D eigenvalue weighted by Crippen LogP contribution is 2.21. The highest BCUT2D eigenvalue weighted by Gasteiger charge is 2.20. The van der Waals surface area contributed by atoms with Crippen molar-refractivity contribution in [1.29, 1.82) is 0 Å². The van der Waals surface area contributed by atoms with Crippen LogP contribution in [0.4, 0.5) is 0 Å². The fourth-order valence-corrected chi connectivity index (χ4v) is 6.01. The number of aromatic nitrogens is 2. The Labute approximate surface area is 196 Å². The van der Waals surface area contributed by atoms with Gasteiger partial charge >= 0.3 is 0 Å². The molecular weight excluding hydrogens is 464 g/mol. The Morgan fingerprint density at radius 3 is 2.72 bits per heavy atom. The van der Waals surface area contributed by atoms with Gasteiger partial charge in [0.1, 0.15) is 40.9 Å². The van der Waals surface area contributed by atoms with Gasteiger partial charge in [-0.3, -0.25) is 0 Å². The third-order valence-electron chi connectivity index (χ3n) is 4.93. The van der Waals surface area contributed by atoms with E-state index in [1.54, 1.807) is 23.5 Å². The van der Waals surface area contributed by atoms with Crippen molar-refractivity contribution in [2.45, 2.75) is 31.0 Å². The van der Waals surface area contributed by atoms with Crippen molar-refractivity contribution in [3.05, 3.63) is 70.4 Å². The molecule has 10 heteroatoms. The number of quaternary nitrogens is 1. The lowest BCUT2D eigenvalue weighted by atomic mass is 10.2. The molecular formula is C22H25N4O3S3+. The summed E-state index contributed by atoms with van der Waals surface area (Å²) in [5.41, 5.74) is 3.47. The van der Waals surface area contributed by atoms with Gasteiger partial charge in [0.25, 0.3) is 0 Å². The zero-order valence-electron chi connectivity index (χ0n) is 17.8. The molecule has 2 aromatic heterocycles. The van der Waals surface area contributed by atoms with E-state index in [1.807, 2.05) is 25.1 Å². The molecule has 0 bridgehead atoms. The van der Waals surface area contributed by atoms with E-state index in [-0.39, 0.29) is 17.5 Å². The number of benzene rings is 2. The summed E-state index contributed by atoms with van der Waals surface area (Å²) in [6.07, 6.45) is -0.344. The maximum absolute atomic E-state index is 12.8. The first-order valence-corrected chi connectivity index (χ1v) is 13.4. The summed E-state index contributed by atoms with van der Waals surface area (Å²) < 4.78 is 42.4. The summed E-state index contributed by atoms with van der Waals surface area (Å²) in [5.74, 6) is 0.725. The normalized spacial score (nSPS) is 13.8. The molecule has 4 rings (SSSR count). The first kappa shape index (κ1) is 22.8. The van der Waals surface area contributed by atoms with Crippen LogP contribution in [0.1, 0.15) is 18.1 Å². The lowest BCUT2D eigenvalue weighted by Gasteiger charge is -2.17. The van der Waals surface area contributed by atoms with Crippen molar-refractivity contribution in [3.8, 4) is 5.75 Å². The lowest BCUT2D eigenvalue weighted by molar-refractivity contribution is -0.907. The minimum Gasteiger partial charge on any atom is -0.489 e. The SMILES string of the molecule is CC(CNS(=O)(=O)c1cccc2nsnc12)Oc1cccc(C[NH+](C)Cc2ccsc2)c1. The molecule has 0 aliphatic heterocycles. The molecule has 0 aliphatic rings. The smallest absolute Gasteiger partial charge is 0.242 e. The average Bonchev–Trinajstić information content (AvgIpc) is 3.44. The second-order valence-electron chi connectivity index (χ2n) is 7.76. The average molecular weight is 490 g/mol. The molecule has 0 saturated heterocycles. The third kappa shape index (κ3) is 5.70. The monoisotopic (exact) mass is 489 g/mol. The number of sulfonamides is 1. The number of thiophene rings is 1. The molecule has 2 aromatic carbocycles. The Morgan fingerprint density at radius 2 is 1.91 bits per heavy atom. The van der Waals surface area contributed by atoms with E-state index < -0.39 is 10.0 Å². The fourth-order valence-electron chi connectivity index (χ4n) is 3.46. The van der Waals surface area contributed by atoms with Gasteiger partial charge in [-0.15, -0.1) is 0 Å². The molecule has 0 amide bonds. The van der Waals surface area contributed by atoms with Crippen LogP contribution in [-0.4, -0.2) is 36.9 Å². The highest BCUT2D eigenvalue weighted by molar-refractivity contribution is 7.89. The maximum atomic E-state index is 12.8. The van der Waals surface area contributed by atoms with Crippen LogP contribution in [0.15, 0.2) is 64.2 Å². The topological polar surface area (TPSA) is 85.6 Å². The molecule has 2 N–H and O–H groups in total. The van der Waals surface area contributed by atoms with Crippen molar-refractivity contribution in [2.24, 2.45) is 0 Å². The maximum Gasteiger partial charge on any atom is 0.242 e. The standard InChI is InChI=1S/C22H24N4O3S3/c1-16(12-23-32(27,28)21-8-4-7-20-22(21)25-31-24-20)29-19-6-3-5-17(11-19)13-26(2)14-18-9-10-30-15-18/h3-11,15-16,23H,12-14H2,1-2H3/p+1. The third-order valence-corrected chi connectivity index (χ3v) is 7.66. The lowest BCUT2D eigenvalue weighted by Crippen LogP contribution is -3.06. The van der Waals surface area contributed by atoms with Crippen LogP contribution in [0.25, 0.3) is 11.0 Å². The van der Waals surface area contributed by atoms with E-state index in [2.05, 4.69) is 43.4 Å². The Hall–Kier alpha value is -2.37. The molecule has 0 radical (unpaired) electrons. The van der Waals surface area contributed by atoms with Crippen molar-refractivity contribution in [3.63, 3.8) is 0 Å². The molecule has 0 saturated carbocycles. The number of nitrogens with zero attached hydrogens (tertiary/aromatic N) is 2. The molecule has 2 atom stereocenters. The van der Waals surface area contributed by atoms with Gasteiger partial charge in [0.15, 0.2) is 0 Å². The zero-order chi connectivity index (χ0) is 22.6. The second-order valence-corrected chi connectivity index (χ2v) is 10.8. The predicted molar refractivity (Wildman–Crippen MR) is 128 cm³/mol. The van der Waals surface area contributed by atoms with Crippen LogP contribution in [-0.2, 0) is 23.1 Å². The summed E-state index contributed by atoms with van der Waals surface area (Å²) in [5, 5.41) is 4.28. The molecule has 32 heavy (non-hydrogen) atoms. The second kappa shape index (κ2) is 10.1. The van der Waals surface area contributed by atoms with Crippen LogP contribution in [0.2, 0.25) is 0 Å². The number of hydrogen-bond acceptors (Lipinski definition) is 7. The number of rotatable bonds is 10. The van der Waals surface area contributed by atoms with Gasteiger partial charge in [-0.05, 0) is 48.0 Å². The van der Waals surface area contributed by atoms with Gasteiger partial charge in [-0.25, -0.2) is 13.1 Å². The molecule has 2 heterocycles. The highest BCUT2D eigenvalue weighted by atomic mass is 32.2. The van der Waals surface area contributed by atoms with Gasteiger partial charge in [0, 0.05) is 17.7 Å². The van der Waals surface area contributed by atoms with Gasteiger partial charge in [-0.2, -0.15) is 20.1 Å².